The van der Waals surface area contributed by atoms with Crippen molar-refractivity contribution in [3.05, 3.63) is 28.0 Å². The van der Waals surface area contributed by atoms with Crippen LogP contribution in [0.1, 0.15) is 30.3 Å². The number of nitriles is 1. The van der Waals surface area contributed by atoms with Crippen LogP contribution in [0.25, 0.3) is 0 Å². The molecule has 1 atom stereocenters. The van der Waals surface area contributed by atoms with E-state index in [4.69, 9.17) is 9.68 Å². The second kappa shape index (κ2) is 5.65. The summed E-state index contributed by atoms with van der Waals surface area (Å²) in [5, 5.41) is 21.5. The lowest BCUT2D eigenvalue weighted by atomic mass is 10.2. The summed E-state index contributed by atoms with van der Waals surface area (Å²) in [6, 6.07) is 3.61. The predicted octanol–water partition coefficient (Wildman–Crippen LogP) is 1.61. The van der Waals surface area contributed by atoms with Crippen LogP contribution in [0.2, 0.25) is 0 Å². The summed E-state index contributed by atoms with van der Waals surface area (Å²) in [5.41, 5.74) is 0. The molecule has 1 N–H and O–H groups in total. The molecule has 0 aliphatic heterocycles. The average molecular weight is 237 g/mol. The normalized spacial score (nSPS) is 11.5. The molecule has 0 spiro atoms. The summed E-state index contributed by atoms with van der Waals surface area (Å²) < 4.78 is 4.71. The number of carbonyl (C=O) groups is 1. The second-order valence-electron chi connectivity index (χ2n) is 3.34. The van der Waals surface area contributed by atoms with E-state index < -0.39 is 22.8 Å². The SMILES string of the molecule is CCCC(C#N)NC(=O)c1ccc([N+](=O)[O-])o1. The Bertz CT molecular complexity index is 460. The molecule has 7 heteroatoms. The maximum absolute atomic E-state index is 11.5. The van der Waals surface area contributed by atoms with E-state index in [0.717, 1.165) is 12.5 Å². The van der Waals surface area contributed by atoms with Crippen LogP contribution in [0.5, 0.6) is 0 Å². The highest BCUT2D eigenvalue weighted by Gasteiger charge is 2.19. The van der Waals surface area contributed by atoms with E-state index in [9.17, 15) is 14.9 Å². The van der Waals surface area contributed by atoms with Crippen molar-refractivity contribution in [2.75, 3.05) is 0 Å². The summed E-state index contributed by atoms with van der Waals surface area (Å²) >= 11 is 0. The summed E-state index contributed by atoms with van der Waals surface area (Å²) in [4.78, 5) is 21.2. The van der Waals surface area contributed by atoms with Crippen molar-refractivity contribution in [2.45, 2.75) is 25.8 Å². The zero-order chi connectivity index (χ0) is 12.8. The maximum Gasteiger partial charge on any atom is 0.433 e. The zero-order valence-electron chi connectivity index (χ0n) is 9.17. The van der Waals surface area contributed by atoms with Gasteiger partial charge in [-0.2, -0.15) is 5.26 Å². The van der Waals surface area contributed by atoms with Crippen molar-refractivity contribution < 1.29 is 14.1 Å². The molecule has 17 heavy (non-hydrogen) atoms. The van der Waals surface area contributed by atoms with Crippen LogP contribution >= 0.6 is 0 Å². The van der Waals surface area contributed by atoms with E-state index in [1.807, 2.05) is 13.0 Å². The Morgan fingerprint density at radius 2 is 2.41 bits per heavy atom. The third-order valence-electron chi connectivity index (χ3n) is 2.03. The third-order valence-corrected chi connectivity index (χ3v) is 2.03. The molecular weight excluding hydrogens is 226 g/mol. The molecule has 0 saturated heterocycles. The van der Waals surface area contributed by atoms with Crippen molar-refractivity contribution in [1.82, 2.24) is 5.32 Å². The van der Waals surface area contributed by atoms with Gasteiger partial charge in [0.15, 0.2) is 5.76 Å². The number of carbonyl (C=O) groups excluding carboxylic acids is 1. The second-order valence-corrected chi connectivity index (χ2v) is 3.34. The molecule has 1 rings (SSSR count). The van der Waals surface area contributed by atoms with Gasteiger partial charge in [0.25, 0.3) is 5.91 Å². The zero-order valence-corrected chi connectivity index (χ0v) is 9.17. The standard InChI is InChI=1S/C10H11N3O4/c1-2-3-7(6-11)12-10(14)8-4-5-9(17-8)13(15)16/h4-5,7H,2-3H2,1H3,(H,12,14). The average Bonchev–Trinajstić information content (AvgIpc) is 2.77. The topological polar surface area (TPSA) is 109 Å². The Balaban J connectivity index is 2.69. The van der Waals surface area contributed by atoms with Gasteiger partial charge < -0.3 is 9.73 Å². The molecule has 1 amide bonds. The maximum atomic E-state index is 11.5. The minimum atomic E-state index is -0.732. The lowest BCUT2D eigenvalue weighted by Crippen LogP contribution is -2.33. The summed E-state index contributed by atoms with van der Waals surface area (Å²) in [6.07, 6.45) is 1.27. The molecule has 7 nitrogen and oxygen atoms in total. The van der Waals surface area contributed by atoms with Crippen LogP contribution in [-0.4, -0.2) is 16.9 Å². The predicted molar refractivity (Wildman–Crippen MR) is 57.1 cm³/mol. The Kier molecular flexibility index (Phi) is 4.22. The number of nitrogens with one attached hydrogen (secondary N) is 1. The van der Waals surface area contributed by atoms with Crippen molar-refractivity contribution in [2.24, 2.45) is 0 Å². The van der Waals surface area contributed by atoms with Crippen LogP contribution in [0.4, 0.5) is 5.88 Å². The Hall–Kier alpha value is -2.36. The molecule has 1 unspecified atom stereocenters. The smallest absolute Gasteiger partial charge is 0.395 e. The van der Waals surface area contributed by atoms with E-state index in [2.05, 4.69) is 5.32 Å². The minimum absolute atomic E-state index is 0.173. The quantitative estimate of drug-likeness (QED) is 0.617. The minimum Gasteiger partial charge on any atom is -0.395 e. The number of nitro groups is 1. The Labute approximate surface area is 97.2 Å². The van der Waals surface area contributed by atoms with Crippen LogP contribution in [-0.2, 0) is 0 Å². The van der Waals surface area contributed by atoms with Gasteiger partial charge in [0.05, 0.1) is 12.1 Å². The van der Waals surface area contributed by atoms with Crippen molar-refractivity contribution in [1.29, 1.82) is 5.26 Å². The van der Waals surface area contributed by atoms with E-state index in [1.165, 1.54) is 6.07 Å². The van der Waals surface area contributed by atoms with Gasteiger partial charge in [-0.05, 0) is 12.5 Å². The molecule has 1 heterocycles. The van der Waals surface area contributed by atoms with Gasteiger partial charge in [-0.3, -0.25) is 14.9 Å². The number of nitrogens with zero attached hydrogens (tertiary/aromatic N) is 2. The molecule has 0 aliphatic rings. The van der Waals surface area contributed by atoms with Crippen molar-refractivity contribution in [3.8, 4) is 6.07 Å². The van der Waals surface area contributed by atoms with Crippen LogP contribution in [0.15, 0.2) is 16.5 Å². The van der Waals surface area contributed by atoms with Crippen LogP contribution < -0.4 is 5.32 Å². The van der Waals surface area contributed by atoms with E-state index in [1.54, 1.807) is 0 Å². The lowest BCUT2D eigenvalue weighted by Gasteiger charge is -2.08. The van der Waals surface area contributed by atoms with Crippen LogP contribution in [0, 0.1) is 21.4 Å². The molecule has 90 valence electrons. The van der Waals surface area contributed by atoms with Gasteiger partial charge in [-0.25, -0.2) is 0 Å². The monoisotopic (exact) mass is 237 g/mol. The van der Waals surface area contributed by atoms with Crippen molar-refractivity contribution >= 4 is 11.8 Å². The van der Waals surface area contributed by atoms with Gasteiger partial charge in [-0.15, -0.1) is 0 Å². The molecule has 1 aromatic heterocycles. The first-order valence-electron chi connectivity index (χ1n) is 5.03. The number of rotatable bonds is 5. The number of amides is 1. The highest BCUT2D eigenvalue weighted by Crippen LogP contribution is 2.15. The molecule has 0 bridgehead atoms. The summed E-state index contributed by atoms with van der Waals surface area (Å²) in [5.74, 6) is -1.30. The Morgan fingerprint density at radius 3 is 2.88 bits per heavy atom. The number of hydrogen-bond donors (Lipinski definition) is 1. The first-order chi connectivity index (χ1) is 8.08. The van der Waals surface area contributed by atoms with E-state index >= 15 is 0 Å². The van der Waals surface area contributed by atoms with Crippen molar-refractivity contribution in [3.63, 3.8) is 0 Å². The summed E-state index contributed by atoms with van der Waals surface area (Å²) in [7, 11) is 0. The fraction of sp³-hybridized carbons (Fsp3) is 0.400. The molecule has 0 fully saturated rings. The third kappa shape index (κ3) is 3.31. The van der Waals surface area contributed by atoms with E-state index in [-0.39, 0.29) is 5.76 Å². The molecule has 0 radical (unpaired) electrons. The number of furan rings is 1. The summed E-state index contributed by atoms with van der Waals surface area (Å²) in [6.45, 7) is 1.88. The highest BCUT2D eigenvalue weighted by molar-refractivity contribution is 5.92. The van der Waals surface area contributed by atoms with Crippen LogP contribution in [0.3, 0.4) is 0 Å². The first-order valence-corrected chi connectivity index (χ1v) is 5.03. The largest absolute Gasteiger partial charge is 0.433 e. The van der Waals surface area contributed by atoms with Gasteiger partial charge in [0, 0.05) is 0 Å². The fourth-order valence-corrected chi connectivity index (χ4v) is 1.23. The molecular formula is C10H11N3O4. The molecule has 0 aliphatic carbocycles. The Morgan fingerprint density at radius 1 is 1.71 bits per heavy atom. The number of hydrogen-bond acceptors (Lipinski definition) is 5. The molecule has 0 saturated carbocycles. The first kappa shape index (κ1) is 12.7. The lowest BCUT2D eigenvalue weighted by molar-refractivity contribution is -0.402. The van der Waals surface area contributed by atoms with Gasteiger partial charge in [0.1, 0.15) is 11.0 Å². The molecule has 1 aromatic rings. The molecule has 0 aromatic carbocycles. The fourth-order valence-electron chi connectivity index (χ4n) is 1.23. The van der Waals surface area contributed by atoms with Gasteiger partial charge in [0.2, 0.25) is 0 Å². The van der Waals surface area contributed by atoms with Gasteiger partial charge in [-0.1, -0.05) is 13.3 Å². The van der Waals surface area contributed by atoms with E-state index in [0.29, 0.717) is 6.42 Å². The van der Waals surface area contributed by atoms with Gasteiger partial charge >= 0.3 is 5.88 Å². The highest BCUT2D eigenvalue weighted by atomic mass is 16.6.